The van der Waals surface area contributed by atoms with E-state index in [1.165, 1.54) is 6.07 Å². The zero-order valence-corrected chi connectivity index (χ0v) is 22.5. The molecule has 2 aliphatic rings. The number of rotatable bonds is 6. The van der Waals surface area contributed by atoms with Crippen LogP contribution in [0.15, 0.2) is 48.7 Å². The number of nitrogens with zero attached hydrogens (tertiary/aromatic N) is 4. The number of piperazine rings is 1. The maximum atomic E-state index is 13.9. The van der Waals surface area contributed by atoms with Gasteiger partial charge in [0.15, 0.2) is 0 Å². The molecule has 1 fully saturated rings. The molecule has 3 heterocycles. The molecule has 3 N–H and O–H groups in total. The van der Waals surface area contributed by atoms with Crippen molar-refractivity contribution in [2.75, 3.05) is 48.3 Å². The fourth-order valence-electron chi connectivity index (χ4n) is 4.80. The highest BCUT2D eigenvalue weighted by atomic mass is 19.4. The van der Waals surface area contributed by atoms with Crippen LogP contribution in [0.4, 0.5) is 42.0 Å². The Morgan fingerprint density at radius 2 is 1.77 bits per heavy atom. The molecule has 1 unspecified atom stereocenters. The van der Waals surface area contributed by atoms with E-state index in [-0.39, 0.29) is 35.6 Å². The highest BCUT2D eigenvalue weighted by Gasteiger charge is 2.36. The molecule has 0 spiro atoms. The number of hydrogen-bond donors (Lipinski definition) is 3. The van der Waals surface area contributed by atoms with Gasteiger partial charge in [0.1, 0.15) is 29.3 Å². The van der Waals surface area contributed by atoms with Crippen LogP contribution >= 0.6 is 0 Å². The van der Waals surface area contributed by atoms with Crippen LogP contribution in [0.1, 0.15) is 36.7 Å². The normalized spacial score (nSPS) is 18.0. The molecule has 0 bridgehead atoms. The fourth-order valence-corrected chi connectivity index (χ4v) is 4.80. The van der Waals surface area contributed by atoms with Crippen molar-refractivity contribution in [2.24, 2.45) is 0 Å². The molecule has 0 saturated carbocycles. The second-order valence-electron chi connectivity index (χ2n) is 10.2. The number of carbonyl (C=O) groups excluding carboxylic acids is 1. The molecule has 0 aliphatic carbocycles. The third kappa shape index (κ3) is 6.06. The summed E-state index contributed by atoms with van der Waals surface area (Å²) in [6.07, 6.45) is -4.00. The molecular formula is C28H32F3N7O2. The monoisotopic (exact) mass is 555 g/mol. The van der Waals surface area contributed by atoms with Crippen molar-refractivity contribution in [2.45, 2.75) is 39.0 Å². The van der Waals surface area contributed by atoms with Crippen molar-refractivity contribution in [3.05, 3.63) is 59.8 Å². The first-order valence-corrected chi connectivity index (χ1v) is 13.2. The van der Waals surface area contributed by atoms with Gasteiger partial charge >= 0.3 is 6.18 Å². The maximum Gasteiger partial charge on any atom is 0.421 e. The molecule has 2 aliphatic heterocycles. The maximum absolute atomic E-state index is 13.9. The largest absolute Gasteiger partial charge is 0.491 e. The number of carbonyl (C=O) groups is 1. The van der Waals surface area contributed by atoms with Gasteiger partial charge in [-0.3, -0.25) is 9.69 Å². The summed E-state index contributed by atoms with van der Waals surface area (Å²) in [6, 6.07) is 12.6. The summed E-state index contributed by atoms with van der Waals surface area (Å²) < 4.78 is 47.3. The molecule has 0 radical (unpaired) electrons. The summed E-state index contributed by atoms with van der Waals surface area (Å²) in [5.74, 6) is -0.679. The highest BCUT2D eigenvalue weighted by molar-refractivity contribution is 6.03. The Hall–Kier alpha value is -4.06. The van der Waals surface area contributed by atoms with Gasteiger partial charge in [0.2, 0.25) is 5.95 Å². The Bertz CT molecular complexity index is 1360. The number of aromatic nitrogens is 2. The van der Waals surface area contributed by atoms with E-state index in [0.717, 1.165) is 38.1 Å². The standard InChI is InChI=1S/C28H32F3N7O2/c1-17(2)37-11-13-38(14-12-37)20-9-7-19(8-10-20)34-27-32-15-21(28(29,30)31)25(36-27)35-22-5-4-6-23-24(22)26(39)33-18(3)16-40-23/h4-10,15,17-18H,11-14,16H2,1-3H3,(H,33,39)(H2,32,34,35,36). The molecule has 40 heavy (non-hydrogen) atoms. The average Bonchev–Trinajstić information content (AvgIpc) is 3.06. The summed E-state index contributed by atoms with van der Waals surface area (Å²) in [4.78, 5) is 25.6. The number of halogens is 3. The lowest BCUT2D eigenvalue weighted by Gasteiger charge is -2.38. The molecule has 1 amide bonds. The van der Waals surface area contributed by atoms with Crippen molar-refractivity contribution in [1.82, 2.24) is 20.2 Å². The Balaban J connectivity index is 1.37. The number of hydrogen-bond acceptors (Lipinski definition) is 8. The average molecular weight is 556 g/mol. The van der Waals surface area contributed by atoms with E-state index >= 15 is 0 Å². The van der Waals surface area contributed by atoms with Crippen molar-refractivity contribution in [1.29, 1.82) is 0 Å². The lowest BCUT2D eigenvalue weighted by Crippen LogP contribution is -2.48. The van der Waals surface area contributed by atoms with Crippen LogP contribution in [0.2, 0.25) is 0 Å². The molecule has 12 heteroatoms. The third-order valence-corrected chi connectivity index (χ3v) is 7.00. The minimum absolute atomic E-state index is 0.0230. The van der Waals surface area contributed by atoms with Gasteiger partial charge in [-0.2, -0.15) is 18.2 Å². The first-order valence-electron chi connectivity index (χ1n) is 13.2. The summed E-state index contributed by atoms with van der Waals surface area (Å²) in [5, 5.41) is 8.47. The molecule has 3 aromatic rings. The quantitative estimate of drug-likeness (QED) is 0.390. The Kier molecular flexibility index (Phi) is 7.70. The molecule has 1 aromatic heterocycles. The lowest BCUT2D eigenvalue weighted by molar-refractivity contribution is -0.137. The number of amides is 1. The van der Waals surface area contributed by atoms with Crippen molar-refractivity contribution in [3.8, 4) is 5.75 Å². The first kappa shape index (κ1) is 27.5. The number of fused-ring (bicyclic) bond motifs is 1. The predicted octanol–water partition coefficient (Wildman–Crippen LogP) is 5.02. The van der Waals surface area contributed by atoms with Gasteiger partial charge in [0, 0.05) is 49.8 Å². The van der Waals surface area contributed by atoms with Crippen LogP contribution in [-0.4, -0.2) is 65.6 Å². The molecule has 2 aromatic carbocycles. The number of alkyl halides is 3. The van der Waals surface area contributed by atoms with Crippen molar-refractivity contribution >= 4 is 34.7 Å². The van der Waals surface area contributed by atoms with Gasteiger partial charge in [-0.15, -0.1) is 0 Å². The zero-order valence-electron chi connectivity index (χ0n) is 22.5. The Morgan fingerprint density at radius 1 is 1.05 bits per heavy atom. The van der Waals surface area contributed by atoms with Crippen LogP contribution in [0.3, 0.4) is 0 Å². The van der Waals surface area contributed by atoms with Crippen LogP contribution in [0.5, 0.6) is 5.75 Å². The number of benzene rings is 2. The molecule has 212 valence electrons. The molecule has 1 saturated heterocycles. The Labute approximate surface area is 230 Å². The fraction of sp³-hybridized carbons (Fsp3) is 0.393. The molecular weight excluding hydrogens is 523 g/mol. The first-order chi connectivity index (χ1) is 19.1. The molecule has 5 rings (SSSR count). The van der Waals surface area contributed by atoms with Crippen LogP contribution in [-0.2, 0) is 6.18 Å². The van der Waals surface area contributed by atoms with Gasteiger partial charge in [0.05, 0.1) is 11.7 Å². The van der Waals surface area contributed by atoms with Crippen molar-refractivity contribution in [3.63, 3.8) is 0 Å². The number of anilines is 5. The molecule has 1 atom stereocenters. The van der Waals surface area contributed by atoms with E-state index in [4.69, 9.17) is 4.74 Å². The second kappa shape index (κ2) is 11.2. The predicted molar refractivity (Wildman–Crippen MR) is 148 cm³/mol. The second-order valence-corrected chi connectivity index (χ2v) is 10.2. The topological polar surface area (TPSA) is 94.7 Å². The van der Waals surface area contributed by atoms with E-state index < -0.39 is 23.5 Å². The summed E-state index contributed by atoms with van der Waals surface area (Å²) >= 11 is 0. The summed E-state index contributed by atoms with van der Waals surface area (Å²) in [5.41, 5.74) is 0.892. The van der Waals surface area contributed by atoms with Gasteiger partial charge in [-0.25, -0.2) is 4.98 Å². The van der Waals surface area contributed by atoms with E-state index in [9.17, 15) is 18.0 Å². The number of ether oxygens (including phenoxy) is 1. The number of nitrogens with one attached hydrogen (secondary N) is 3. The third-order valence-electron chi connectivity index (χ3n) is 7.00. The minimum Gasteiger partial charge on any atom is -0.491 e. The van der Waals surface area contributed by atoms with E-state index in [1.54, 1.807) is 19.1 Å². The Morgan fingerprint density at radius 3 is 2.45 bits per heavy atom. The van der Waals surface area contributed by atoms with Gasteiger partial charge in [-0.05, 0) is 57.2 Å². The van der Waals surface area contributed by atoms with Gasteiger partial charge in [0.25, 0.3) is 5.91 Å². The highest BCUT2D eigenvalue weighted by Crippen LogP contribution is 2.37. The van der Waals surface area contributed by atoms with E-state index in [1.807, 2.05) is 24.3 Å². The zero-order chi connectivity index (χ0) is 28.4. The molecule has 9 nitrogen and oxygen atoms in total. The summed E-state index contributed by atoms with van der Waals surface area (Å²) in [6.45, 7) is 10.2. The van der Waals surface area contributed by atoms with Gasteiger partial charge < -0.3 is 25.6 Å². The van der Waals surface area contributed by atoms with E-state index in [2.05, 4.69) is 49.6 Å². The van der Waals surface area contributed by atoms with Gasteiger partial charge in [-0.1, -0.05) is 6.07 Å². The SMILES string of the molecule is CC1COc2cccc(Nc3nc(Nc4ccc(N5CCN(C(C)C)CC5)cc4)ncc3C(F)(F)F)c2C(=O)N1. The van der Waals surface area contributed by atoms with E-state index in [0.29, 0.717) is 11.7 Å². The summed E-state index contributed by atoms with van der Waals surface area (Å²) in [7, 11) is 0. The van der Waals surface area contributed by atoms with Crippen LogP contribution < -0.4 is 25.6 Å². The van der Waals surface area contributed by atoms with Crippen LogP contribution in [0.25, 0.3) is 0 Å². The minimum atomic E-state index is -4.72. The smallest absolute Gasteiger partial charge is 0.421 e. The van der Waals surface area contributed by atoms with Crippen LogP contribution in [0, 0.1) is 0 Å². The lowest BCUT2D eigenvalue weighted by atomic mass is 10.1. The van der Waals surface area contributed by atoms with Crippen molar-refractivity contribution < 1.29 is 22.7 Å².